The molecule has 0 N–H and O–H groups in total. The minimum atomic E-state index is 0.381. The van der Waals surface area contributed by atoms with Crippen molar-refractivity contribution in [2.45, 2.75) is 13.3 Å². The van der Waals surface area contributed by atoms with Gasteiger partial charge in [0.1, 0.15) is 0 Å². The highest BCUT2D eigenvalue weighted by molar-refractivity contribution is 7.17. The van der Waals surface area contributed by atoms with Crippen molar-refractivity contribution >= 4 is 33.0 Å². The molecule has 0 bridgehead atoms. The molecule has 1 nitrogen and oxygen atoms in total. The lowest BCUT2D eigenvalue weighted by Gasteiger charge is -2.04. The first-order valence-electron chi connectivity index (χ1n) is 4.26. The first-order chi connectivity index (χ1) is 6.74. The van der Waals surface area contributed by atoms with E-state index in [1.807, 2.05) is 24.4 Å². The number of rotatable bonds is 1. The Morgan fingerprint density at radius 3 is 3.07 bits per heavy atom. The summed E-state index contributed by atoms with van der Waals surface area (Å²) in [4.78, 5) is 0. The predicted octanol–water partition coefficient (Wildman–Crippen LogP) is 3.93. The molecule has 0 aliphatic carbocycles. The normalized spacial score (nSPS) is 10.4. The van der Waals surface area contributed by atoms with Crippen LogP contribution in [0.1, 0.15) is 11.1 Å². The molecular formula is C11H8ClNS. The van der Waals surface area contributed by atoms with Crippen molar-refractivity contribution in [3.8, 4) is 6.07 Å². The Labute approximate surface area is 91.5 Å². The van der Waals surface area contributed by atoms with E-state index >= 15 is 0 Å². The fourth-order valence-corrected chi connectivity index (χ4v) is 2.82. The second-order valence-electron chi connectivity index (χ2n) is 3.15. The molecule has 1 aromatic heterocycles. The molecule has 1 aromatic carbocycles. The molecule has 0 amide bonds. The van der Waals surface area contributed by atoms with Crippen LogP contribution < -0.4 is 0 Å². The number of hydrogen-bond acceptors (Lipinski definition) is 2. The van der Waals surface area contributed by atoms with Gasteiger partial charge in [-0.2, -0.15) is 5.26 Å². The zero-order valence-electron chi connectivity index (χ0n) is 7.67. The van der Waals surface area contributed by atoms with Crippen molar-refractivity contribution in [2.24, 2.45) is 0 Å². The second-order valence-corrected chi connectivity index (χ2v) is 4.48. The smallest absolute Gasteiger partial charge is 0.0670 e. The fourth-order valence-electron chi connectivity index (χ4n) is 1.58. The topological polar surface area (TPSA) is 23.8 Å². The lowest BCUT2D eigenvalue weighted by molar-refractivity contribution is 1.28. The SMILES string of the molecule is Cc1cc(Cl)c(CC#N)c2ccsc12. The van der Waals surface area contributed by atoms with E-state index in [9.17, 15) is 0 Å². The molecule has 0 radical (unpaired) electrons. The monoisotopic (exact) mass is 221 g/mol. The number of hydrogen-bond donors (Lipinski definition) is 0. The summed E-state index contributed by atoms with van der Waals surface area (Å²) >= 11 is 7.79. The van der Waals surface area contributed by atoms with Gasteiger partial charge in [-0.1, -0.05) is 11.6 Å². The van der Waals surface area contributed by atoms with Gasteiger partial charge in [0.25, 0.3) is 0 Å². The Kier molecular flexibility index (Phi) is 2.45. The highest BCUT2D eigenvalue weighted by atomic mass is 35.5. The Morgan fingerprint density at radius 2 is 2.36 bits per heavy atom. The Bertz CT molecular complexity index is 522. The molecular weight excluding hydrogens is 214 g/mol. The first kappa shape index (κ1) is 9.51. The van der Waals surface area contributed by atoms with E-state index in [2.05, 4.69) is 6.07 Å². The van der Waals surface area contributed by atoms with Gasteiger partial charge in [0.2, 0.25) is 0 Å². The van der Waals surface area contributed by atoms with Crippen molar-refractivity contribution in [1.29, 1.82) is 5.26 Å². The molecule has 0 saturated heterocycles. The summed E-state index contributed by atoms with van der Waals surface area (Å²) < 4.78 is 1.24. The number of aryl methyl sites for hydroxylation is 1. The number of nitriles is 1. The van der Waals surface area contributed by atoms with Crippen LogP contribution in [0.2, 0.25) is 5.02 Å². The number of nitrogens with zero attached hydrogens (tertiary/aromatic N) is 1. The number of benzene rings is 1. The maximum absolute atomic E-state index is 8.71. The molecule has 0 aliphatic rings. The minimum Gasteiger partial charge on any atom is -0.198 e. The van der Waals surface area contributed by atoms with Crippen LogP contribution in [0.3, 0.4) is 0 Å². The average molecular weight is 222 g/mol. The summed E-state index contributed by atoms with van der Waals surface area (Å²) in [5.74, 6) is 0. The zero-order chi connectivity index (χ0) is 10.1. The van der Waals surface area contributed by atoms with Crippen LogP contribution in [0.15, 0.2) is 17.5 Å². The van der Waals surface area contributed by atoms with Gasteiger partial charge < -0.3 is 0 Å². The zero-order valence-corrected chi connectivity index (χ0v) is 9.25. The Hall–Kier alpha value is -1.04. The molecule has 2 rings (SSSR count). The third kappa shape index (κ3) is 1.39. The van der Waals surface area contributed by atoms with Crippen molar-refractivity contribution in [3.05, 3.63) is 33.7 Å². The number of fused-ring (bicyclic) bond motifs is 1. The lowest BCUT2D eigenvalue weighted by Crippen LogP contribution is -1.86. The van der Waals surface area contributed by atoms with Crippen LogP contribution in [-0.2, 0) is 6.42 Å². The van der Waals surface area contributed by atoms with Crippen LogP contribution in [0.25, 0.3) is 10.1 Å². The van der Waals surface area contributed by atoms with E-state index in [1.165, 1.54) is 10.3 Å². The number of halogens is 1. The van der Waals surface area contributed by atoms with Gasteiger partial charge in [0, 0.05) is 9.72 Å². The van der Waals surface area contributed by atoms with Gasteiger partial charge in [-0.3, -0.25) is 0 Å². The Balaban J connectivity index is 2.81. The summed E-state index contributed by atoms with van der Waals surface area (Å²) in [6.07, 6.45) is 0.381. The van der Waals surface area contributed by atoms with Gasteiger partial charge in [-0.25, -0.2) is 0 Å². The third-order valence-electron chi connectivity index (χ3n) is 2.24. The minimum absolute atomic E-state index is 0.381. The van der Waals surface area contributed by atoms with Crippen molar-refractivity contribution in [3.63, 3.8) is 0 Å². The number of thiophene rings is 1. The molecule has 70 valence electrons. The van der Waals surface area contributed by atoms with Gasteiger partial charge in [-0.05, 0) is 40.9 Å². The van der Waals surface area contributed by atoms with E-state index in [1.54, 1.807) is 11.3 Å². The largest absolute Gasteiger partial charge is 0.198 e. The summed E-state index contributed by atoms with van der Waals surface area (Å²) in [7, 11) is 0. The predicted molar refractivity (Wildman–Crippen MR) is 60.9 cm³/mol. The van der Waals surface area contributed by atoms with Crippen molar-refractivity contribution < 1.29 is 0 Å². The molecule has 0 fully saturated rings. The van der Waals surface area contributed by atoms with Crippen LogP contribution in [0, 0.1) is 18.3 Å². The molecule has 3 heteroatoms. The second kappa shape index (κ2) is 3.61. The quantitative estimate of drug-likeness (QED) is 0.716. The van der Waals surface area contributed by atoms with Gasteiger partial charge in [0.15, 0.2) is 0 Å². The van der Waals surface area contributed by atoms with E-state index in [4.69, 9.17) is 16.9 Å². The third-order valence-corrected chi connectivity index (χ3v) is 3.62. The van der Waals surface area contributed by atoms with Gasteiger partial charge in [0.05, 0.1) is 12.5 Å². The maximum Gasteiger partial charge on any atom is 0.0670 e. The Morgan fingerprint density at radius 1 is 1.57 bits per heavy atom. The van der Waals surface area contributed by atoms with Crippen LogP contribution >= 0.6 is 22.9 Å². The van der Waals surface area contributed by atoms with Gasteiger partial charge >= 0.3 is 0 Å². The molecule has 0 atom stereocenters. The van der Waals surface area contributed by atoms with Crippen LogP contribution in [0.4, 0.5) is 0 Å². The van der Waals surface area contributed by atoms with Gasteiger partial charge in [-0.15, -0.1) is 11.3 Å². The maximum atomic E-state index is 8.71. The summed E-state index contributed by atoms with van der Waals surface area (Å²) in [5, 5.41) is 12.6. The van der Waals surface area contributed by atoms with E-state index in [0.29, 0.717) is 11.4 Å². The summed E-state index contributed by atoms with van der Waals surface area (Å²) in [6.45, 7) is 2.04. The summed E-state index contributed by atoms with van der Waals surface area (Å²) in [6, 6.07) is 6.12. The highest BCUT2D eigenvalue weighted by Crippen LogP contribution is 2.32. The molecule has 2 aromatic rings. The molecule has 0 unspecified atom stereocenters. The van der Waals surface area contributed by atoms with Crippen molar-refractivity contribution in [2.75, 3.05) is 0 Å². The summed E-state index contributed by atoms with van der Waals surface area (Å²) in [5.41, 5.74) is 2.14. The van der Waals surface area contributed by atoms with Crippen molar-refractivity contribution in [1.82, 2.24) is 0 Å². The molecule has 0 saturated carbocycles. The molecule has 14 heavy (non-hydrogen) atoms. The highest BCUT2D eigenvalue weighted by Gasteiger charge is 2.09. The van der Waals surface area contributed by atoms with E-state index < -0.39 is 0 Å². The molecule has 1 heterocycles. The van der Waals surface area contributed by atoms with E-state index in [-0.39, 0.29) is 0 Å². The van der Waals surface area contributed by atoms with Crippen LogP contribution in [0.5, 0.6) is 0 Å². The first-order valence-corrected chi connectivity index (χ1v) is 5.52. The molecule has 0 aliphatic heterocycles. The fraction of sp³-hybridized carbons (Fsp3) is 0.182. The average Bonchev–Trinajstić information content (AvgIpc) is 2.60. The molecule has 0 spiro atoms. The van der Waals surface area contributed by atoms with Crippen LogP contribution in [-0.4, -0.2) is 0 Å². The standard InChI is InChI=1S/C11H8ClNS/c1-7-6-10(12)8(2-4-13)9-3-5-14-11(7)9/h3,5-6H,2H2,1H3. The lowest BCUT2D eigenvalue weighted by atomic mass is 10.1. The van der Waals surface area contributed by atoms with E-state index in [0.717, 1.165) is 10.9 Å².